The highest BCUT2D eigenvalue weighted by atomic mass is 16.3. The lowest BCUT2D eigenvalue weighted by Crippen LogP contribution is -2.57. The van der Waals surface area contributed by atoms with E-state index in [0.717, 1.165) is 19.3 Å². The molecule has 0 saturated heterocycles. The van der Waals surface area contributed by atoms with Gasteiger partial charge in [0.15, 0.2) is 0 Å². The van der Waals surface area contributed by atoms with E-state index in [2.05, 4.69) is 45.0 Å². The Hall–Kier alpha value is -0.860. The van der Waals surface area contributed by atoms with Gasteiger partial charge in [0.2, 0.25) is 0 Å². The molecule has 2 nitrogen and oxygen atoms in total. The fourth-order valence-electron chi connectivity index (χ4n) is 3.83. The molecule has 2 atom stereocenters. The number of fused-ring (bicyclic) bond motifs is 1. The Labute approximate surface area is 110 Å². The second-order valence-electron chi connectivity index (χ2n) is 5.88. The molecule has 1 aliphatic carbocycles. The van der Waals surface area contributed by atoms with Crippen LogP contribution < -0.4 is 5.73 Å². The molecule has 18 heavy (non-hydrogen) atoms. The van der Waals surface area contributed by atoms with Crippen LogP contribution in [0.2, 0.25) is 0 Å². The van der Waals surface area contributed by atoms with Gasteiger partial charge in [-0.1, -0.05) is 45.0 Å². The summed E-state index contributed by atoms with van der Waals surface area (Å²) in [6, 6.07) is 8.46. The maximum absolute atomic E-state index is 11.2. The molecular formula is C16H25NO. The first-order valence-electron chi connectivity index (χ1n) is 7.02. The lowest BCUT2D eigenvalue weighted by Gasteiger charge is -2.48. The number of rotatable bonds is 4. The SMILES string of the molecule is CCC(O)(C(C)C)C1(CN)CCc2ccccc21. The first kappa shape index (κ1) is 13.6. The van der Waals surface area contributed by atoms with Crippen molar-refractivity contribution < 1.29 is 5.11 Å². The highest BCUT2D eigenvalue weighted by Crippen LogP contribution is 2.49. The Morgan fingerprint density at radius 1 is 1.39 bits per heavy atom. The Kier molecular flexibility index (Phi) is 3.52. The smallest absolute Gasteiger partial charge is 0.0776 e. The highest BCUT2D eigenvalue weighted by molar-refractivity contribution is 5.43. The molecule has 100 valence electrons. The number of nitrogens with two attached hydrogens (primary N) is 1. The molecule has 0 amide bonds. The third-order valence-corrected chi connectivity index (χ3v) is 5.03. The quantitative estimate of drug-likeness (QED) is 0.859. The van der Waals surface area contributed by atoms with E-state index < -0.39 is 5.60 Å². The number of aryl methyl sites for hydroxylation is 1. The molecule has 0 bridgehead atoms. The fraction of sp³-hybridized carbons (Fsp3) is 0.625. The van der Waals surface area contributed by atoms with Crippen molar-refractivity contribution in [3.63, 3.8) is 0 Å². The van der Waals surface area contributed by atoms with Crippen LogP contribution in [0.4, 0.5) is 0 Å². The molecule has 0 fully saturated rings. The van der Waals surface area contributed by atoms with E-state index in [1.54, 1.807) is 0 Å². The zero-order valence-corrected chi connectivity index (χ0v) is 11.7. The van der Waals surface area contributed by atoms with Crippen LogP contribution in [0.1, 0.15) is 44.7 Å². The minimum Gasteiger partial charge on any atom is -0.389 e. The Morgan fingerprint density at radius 2 is 2.06 bits per heavy atom. The fourth-order valence-corrected chi connectivity index (χ4v) is 3.83. The normalized spacial score (nSPS) is 26.1. The van der Waals surface area contributed by atoms with Crippen molar-refractivity contribution in [2.75, 3.05) is 6.54 Å². The van der Waals surface area contributed by atoms with Gasteiger partial charge >= 0.3 is 0 Å². The molecular weight excluding hydrogens is 222 g/mol. The van der Waals surface area contributed by atoms with Crippen LogP contribution in [0.3, 0.4) is 0 Å². The second kappa shape index (κ2) is 4.67. The van der Waals surface area contributed by atoms with Gasteiger partial charge in [-0.2, -0.15) is 0 Å². The van der Waals surface area contributed by atoms with E-state index in [-0.39, 0.29) is 11.3 Å². The first-order valence-corrected chi connectivity index (χ1v) is 7.02. The van der Waals surface area contributed by atoms with Crippen LogP contribution >= 0.6 is 0 Å². The predicted molar refractivity (Wildman–Crippen MR) is 75.6 cm³/mol. The molecule has 1 aliphatic rings. The standard InChI is InChI=1S/C16H25NO/c1-4-16(18,12(2)3)15(11-17)10-9-13-7-5-6-8-14(13)15/h5-8,12,18H,4,9-11,17H2,1-3H3. The summed E-state index contributed by atoms with van der Waals surface area (Å²) in [6.07, 6.45) is 2.74. The molecule has 0 heterocycles. The lowest BCUT2D eigenvalue weighted by molar-refractivity contribution is -0.0783. The molecule has 0 spiro atoms. The van der Waals surface area contributed by atoms with Crippen LogP contribution in [0.15, 0.2) is 24.3 Å². The molecule has 2 unspecified atom stereocenters. The Morgan fingerprint density at radius 3 is 2.61 bits per heavy atom. The summed E-state index contributed by atoms with van der Waals surface area (Å²) >= 11 is 0. The number of hydrogen-bond donors (Lipinski definition) is 2. The second-order valence-corrected chi connectivity index (χ2v) is 5.88. The van der Waals surface area contributed by atoms with Crippen LogP contribution in [0.5, 0.6) is 0 Å². The molecule has 3 N–H and O–H groups in total. The van der Waals surface area contributed by atoms with Crippen molar-refractivity contribution in [2.45, 2.75) is 51.0 Å². The zero-order chi connectivity index (χ0) is 13.4. The van der Waals surface area contributed by atoms with E-state index in [4.69, 9.17) is 5.73 Å². The van der Waals surface area contributed by atoms with E-state index in [1.165, 1.54) is 11.1 Å². The molecule has 1 aromatic rings. The summed E-state index contributed by atoms with van der Waals surface area (Å²) in [6.45, 7) is 6.79. The van der Waals surface area contributed by atoms with Crippen molar-refractivity contribution in [3.8, 4) is 0 Å². The summed E-state index contributed by atoms with van der Waals surface area (Å²) in [5.74, 6) is 0.206. The monoisotopic (exact) mass is 247 g/mol. The molecule has 0 aliphatic heterocycles. The van der Waals surface area contributed by atoms with Gasteiger partial charge in [0, 0.05) is 12.0 Å². The van der Waals surface area contributed by atoms with Crippen LogP contribution in [0, 0.1) is 5.92 Å². The molecule has 0 saturated carbocycles. The van der Waals surface area contributed by atoms with Gasteiger partial charge in [-0.3, -0.25) is 0 Å². The van der Waals surface area contributed by atoms with Gasteiger partial charge in [0.05, 0.1) is 5.60 Å². The minimum atomic E-state index is -0.714. The van der Waals surface area contributed by atoms with Gasteiger partial charge < -0.3 is 10.8 Å². The van der Waals surface area contributed by atoms with Gasteiger partial charge in [0.1, 0.15) is 0 Å². The third-order valence-electron chi connectivity index (χ3n) is 5.03. The van der Waals surface area contributed by atoms with Crippen molar-refractivity contribution in [2.24, 2.45) is 11.7 Å². The number of benzene rings is 1. The first-order chi connectivity index (χ1) is 8.52. The summed E-state index contributed by atoms with van der Waals surface area (Å²) in [7, 11) is 0. The average Bonchev–Trinajstić information content (AvgIpc) is 2.78. The van der Waals surface area contributed by atoms with Crippen molar-refractivity contribution in [1.29, 1.82) is 0 Å². The molecule has 2 rings (SSSR count). The van der Waals surface area contributed by atoms with Crippen molar-refractivity contribution in [1.82, 2.24) is 0 Å². The van der Waals surface area contributed by atoms with E-state index >= 15 is 0 Å². The third kappa shape index (κ3) is 1.63. The average molecular weight is 247 g/mol. The predicted octanol–water partition coefficient (Wildman–Crippen LogP) is 2.63. The lowest BCUT2D eigenvalue weighted by atomic mass is 9.62. The van der Waals surface area contributed by atoms with Gasteiger partial charge in [-0.05, 0) is 36.3 Å². The van der Waals surface area contributed by atoms with Gasteiger partial charge in [0.25, 0.3) is 0 Å². The van der Waals surface area contributed by atoms with Crippen molar-refractivity contribution in [3.05, 3.63) is 35.4 Å². The largest absolute Gasteiger partial charge is 0.389 e. The summed E-state index contributed by atoms with van der Waals surface area (Å²) in [5.41, 5.74) is 7.76. The number of hydrogen-bond acceptors (Lipinski definition) is 2. The summed E-state index contributed by atoms with van der Waals surface area (Å²) in [4.78, 5) is 0. The van der Waals surface area contributed by atoms with Crippen LogP contribution in [-0.2, 0) is 11.8 Å². The minimum absolute atomic E-state index is 0.206. The van der Waals surface area contributed by atoms with Crippen LogP contribution in [-0.4, -0.2) is 17.3 Å². The van der Waals surface area contributed by atoms with E-state index in [0.29, 0.717) is 6.54 Å². The van der Waals surface area contributed by atoms with E-state index in [9.17, 15) is 5.11 Å². The topological polar surface area (TPSA) is 46.2 Å². The zero-order valence-electron chi connectivity index (χ0n) is 11.7. The Balaban J connectivity index is 2.58. The molecule has 0 radical (unpaired) electrons. The van der Waals surface area contributed by atoms with Crippen molar-refractivity contribution >= 4 is 0 Å². The number of aliphatic hydroxyl groups is 1. The maximum atomic E-state index is 11.2. The molecule has 1 aromatic carbocycles. The van der Waals surface area contributed by atoms with Gasteiger partial charge in [-0.15, -0.1) is 0 Å². The highest BCUT2D eigenvalue weighted by Gasteiger charge is 2.53. The summed E-state index contributed by atoms with van der Waals surface area (Å²) in [5, 5.41) is 11.2. The van der Waals surface area contributed by atoms with Gasteiger partial charge in [-0.25, -0.2) is 0 Å². The molecule has 0 aromatic heterocycles. The molecule has 2 heteroatoms. The maximum Gasteiger partial charge on any atom is 0.0776 e. The Bertz CT molecular complexity index is 429. The van der Waals surface area contributed by atoms with Crippen LogP contribution in [0.25, 0.3) is 0 Å². The van der Waals surface area contributed by atoms with E-state index in [1.807, 2.05) is 0 Å². The summed E-state index contributed by atoms with van der Waals surface area (Å²) < 4.78 is 0.